The van der Waals surface area contributed by atoms with Crippen molar-refractivity contribution >= 4 is 71.6 Å². The molecule has 10 aromatic rings. The number of fused-ring (bicyclic) bond motifs is 8. The predicted octanol–water partition coefficient (Wildman–Crippen LogP) is 13.0. The highest BCUT2D eigenvalue weighted by atomic mass is 16.3. The maximum Gasteiger partial charge on any atom is 0.145 e. The van der Waals surface area contributed by atoms with Gasteiger partial charge in [-0.15, -0.1) is 0 Å². The minimum absolute atomic E-state index is 0.884. The monoisotopic (exact) mass is 626 g/mol. The largest absolute Gasteiger partial charge is 0.455 e. The summed E-state index contributed by atoms with van der Waals surface area (Å²) in [6.07, 6.45) is 0. The van der Waals surface area contributed by atoms with Crippen molar-refractivity contribution in [1.82, 2.24) is 4.57 Å². The molecule has 0 saturated carbocycles. The zero-order chi connectivity index (χ0) is 32.3. The Morgan fingerprint density at radius 3 is 1.80 bits per heavy atom. The normalized spacial score (nSPS) is 11.7. The Labute approximate surface area is 283 Å². The molecular formula is C46H30N2O. The van der Waals surface area contributed by atoms with Crippen LogP contribution in [0.3, 0.4) is 0 Å². The third kappa shape index (κ3) is 4.37. The number of hydrogen-bond acceptors (Lipinski definition) is 2. The van der Waals surface area contributed by atoms with Crippen molar-refractivity contribution in [2.45, 2.75) is 0 Å². The van der Waals surface area contributed by atoms with Crippen molar-refractivity contribution in [3.63, 3.8) is 0 Å². The molecule has 0 atom stereocenters. The molecule has 2 aromatic heterocycles. The molecule has 0 spiro atoms. The van der Waals surface area contributed by atoms with Crippen molar-refractivity contribution < 1.29 is 4.42 Å². The summed E-state index contributed by atoms with van der Waals surface area (Å²) in [6, 6.07) is 64.9. The standard InChI is InChI=1S/C46H30N2O/c1-2-13-31(14-3-1)32-16-12-17-36(29-32)47(43-30-33-15-4-5-18-37(33)46-45(43)40-21-8-11-24-44(40)49-46)34-25-27-35(28-26-34)48-41-22-9-6-19-38(41)39-20-7-10-23-42(39)48/h1-30H. The van der Waals surface area contributed by atoms with Crippen LogP contribution >= 0.6 is 0 Å². The number of anilines is 3. The molecule has 3 heteroatoms. The van der Waals surface area contributed by atoms with E-state index >= 15 is 0 Å². The average Bonchev–Trinajstić information content (AvgIpc) is 3.73. The van der Waals surface area contributed by atoms with Gasteiger partial charge in [-0.05, 0) is 77.2 Å². The quantitative estimate of drug-likeness (QED) is 0.190. The van der Waals surface area contributed by atoms with Crippen molar-refractivity contribution in [2.75, 3.05) is 4.90 Å². The van der Waals surface area contributed by atoms with Crippen LogP contribution < -0.4 is 4.90 Å². The van der Waals surface area contributed by atoms with Crippen molar-refractivity contribution in [3.8, 4) is 16.8 Å². The number of para-hydroxylation sites is 3. The van der Waals surface area contributed by atoms with Gasteiger partial charge in [-0.2, -0.15) is 0 Å². The highest BCUT2D eigenvalue weighted by molar-refractivity contribution is 6.22. The van der Waals surface area contributed by atoms with Gasteiger partial charge in [-0.1, -0.05) is 121 Å². The number of furan rings is 1. The van der Waals surface area contributed by atoms with E-state index in [1.54, 1.807) is 0 Å². The van der Waals surface area contributed by atoms with Gasteiger partial charge in [-0.3, -0.25) is 0 Å². The van der Waals surface area contributed by atoms with Gasteiger partial charge in [0.15, 0.2) is 0 Å². The Bertz CT molecular complexity index is 2770. The van der Waals surface area contributed by atoms with Crippen LogP contribution in [-0.4, -0.2) is 4.57 Å². The Morgan fingerprint density at radius 1 is 0.429 bits per heavy atom. The molecule has 0 aliphatic rings. The minimum Gasteiger partial charge on any atom is -0.455 e. The molecule has 0 saturated heterocycles. The zero-order valence-electron chi connectivity index (χ0n) is 26.6. The van der Waals surface area contributed by atoms with Crippen LogP contribution in [-0.2, 0) is 0 Å². The highest BCUT2D eigenvalue weighted by Gasteiger charge is 2.22. The van der Waals surface area contributed by atoms with Crippen LogP contribution in [0.1, 0.15) is 0 Å². The molecule has 8 aromatic carbocycles. The van der Waals surface area contributed by atoms with Gasteiger partial charge in [0.05, 0.1) is 22.1 Å². The summed E-state index contributed by atoms with van der Waals surface area (Å²) in [5.74, 6) is 0. The molecule has 230 valence electrons. The molecule has 0 bridgehead atoms. The van der Waals surface area contributed by atoms with E-state index in [2.05, 4.69) is 185 Å². The van der Waals surface area contributed by atoms with E-state index in [-0.39, 0.29) is 0 Å². The molecule has 3 nitrogen and oxygen atoms in total. The fraction of sp³-hybridized carbons (Fsp3) is 0. The molecule has 0 radical (unpaired) electrons. The van der Waals surface area contributed by atoms with Gasteiger partial charge >= 0.3 is 0 Å². The Morgan fingerprint density at radius 2 is 1.04 bits per heavy atom. The molecular weight excluding hydrogens is 597 g/mol. The molecule has 0 aliphatic heterocycles. The lowest BCUT2D eigenvalue weighted by Gasteiger charge is -2.27. The van der Waals surface area contributed by atoms with E-state index < -0.39 is 0 Å². The second-order valence-corrected chi connectivity index (χ2v) is 12.6. The smallest absolute Gasteiger partial charge is 0.145 e. The van der Waals surface area contributed by atoms with E-state index in [9.17, 15) is 0 Å². The van der Waals surface area contributed by atoms with Crippen molar-refractivity contribution in [2.24, 2.45) is 0 Å². The lowest BCUT2D eigenvalue weighted by atomic mass is 10.0. The maximum atomic E-state index is 6.64. The first-order chi connectivity index (χ1) is 24.3. The summed E-state index contributed by atoms with van der Waals surface area (Å²) < 4.78 is 9.01. The topological polar surface area (TPSA) is 21.3 Å². The fourth-order valence-corrected chi connectivity index (χ4v) is 7.55. The van der Waals surface area contributed by atoms with Gasteiger partial charge in [0.2, 0.25) is 0 Å². The SMILES string of the molecule is c1ccc(-c2cccc(N(c3ccc(-n4c5ccccc5c5ccccc54)cc3)c3cc4ccccc4c4oc5ccccc5c34)c2)cc1. The second kappa shape index (κ2) is 11.0. The number of aromatic nitrogens is 1. The number of hydrogen-bond donors (Lipinski definition) is 0. The first-order valence-corrected chi connectivity index (χ1v) is 16.7. The minimum atomic E-state index is 0.884. The Hall–Kier alpha value is -6.58. The second-order valence-electron chi connectivity index (χ2n) is 12.6. The first-order valence-electron chi connectivity index (χ1n) is 16.7. The molecule has 49 heavy (non-hydrogen) atoms. The summed E-state index contributed by atoms with van der Waals surface area (Å²) in [6.45, 7) is 0. The molecule has 0 N–H and O–H groups in total. The number of benzene rings is 8. The van der Waals surface area contributed by atoms with Gasteiger partial charge in [0.25, 0.3) is 0 Å². The van der Waals surface area contributed by atoms with Crippen LogP contribution in [0.2, 0.25) is 0 Å². The fourth-order valence-electron chi connectivity index (χ4n) is 7.55. The van der Waals surface area contributed by atoms with E-state index in [1.807, 2.05) is 6.07 Å². The highest BCUT2D eigenvalue weighted by Crippen LogP contribution is 2.46. The molecule has 0 amide bonds. The predicted molar refractivity (Wildman–Crippen MR) is 206 cm³/mol. The third-order valence-corrected chi connectivity index (χ3v) is 9.75. The van der Waals surface area contributed by atoms with Crippen LogP contribution in [0.15, 0.2) is 186 Å². The van der Waals surface area contributed by atoms with Gasteiger partial charge in [-0.25, -0.2) is 0 Å². The van der Waals surface area contributed by atoms with E-state index in [4.69, 9.17) is 4.42 Å². The van der Waals surface area contributed by atoms with E-state index in [0.29, 0.717) is 0 Å². The van der Waals surface area contributed by atoms with Crippen LogP contribution in [0.25, 0.3) is 71.3 Å². The Balaban J connectivity index is 1.23. The average molecular weight is 627 g/mol. The van der Waals surface area contributed by atoms with E-state index in [1.165, 1.54) is 32.9 Å². The van der Waals surface area contributed by atoms with Gasteiger partial charge in [0, 0.05) is 38.6 Å². The van der Waals surface area contributed by atoms with Crippen molar-refractivity contribution in [1.29, 1.82) is 0 Å². The number of nitrogens with zero attached hydrogens (tertiary/aromatic N) is 2. The summed E-state index contributed by atoms with van der Waals surface area (Å²) >= 11 is 0. The zero-order valence-corrected chi connectivity index (χ0v) is 26.6. The summed E-state index contributed by atoms with van der Waals surface area (Å²) in [5.41, 5.74) is 10.9. The van der Waals surface area contributed by atoms with Crippen LogP contribution in [0.4, 0.5) is 17.1 Å². The van der Waals surface area contributed by atoms with E-state index in [0.717, 1.165) is 55.5 Å². The summed E-state index contributed by atoms with van der Waals surface area (Å²) in [7, 11) is 0. The summed E-state index contributed by atoms with van der Waals surface area (Å²) in [5, 5.41) is 6.96. The van der Waals surface area contributed by atoms with Crippen molar-refractivity contribution in [3.05, 3.63) is 182 Å². The lowest BCUT2D eigenvalue weighted by molar-refractivity contribution is 0.672. The summed E-state index contributed by atoms with van der Waals surface area (Å²) in [4.78, 5) is 2.39. The van der Waals surface area contributed by atoms with Crippen LogP contribution in [0, 0.1) is 0 Å². The van der Waals surface area contributed by atoms with Gasteiger partial charge < -0.3 is 13.9 Å². The van der Waals surface area contributed by atoms with Crippen LogP contribution in [0.5, 0.6) is 0 Å². The Kier molecular flexibility index (Phi) is 6.18. The number of rotatable bonds is 5. The molecule has 2 heterocycles. The molecule has 0 aliphatic carbocycles. The lowest BCUT2D eigenvalue weighted by Crippen LogP contribution is -2.11. The molecule has 0 fully saturated rings. The van der Waals surface area contributed by atoms with Gasteiger partial charge in [0.1, 0.15) is 11.2 Å². The first kappa shape index (κ1) is 27.5. The third-order valence-electron chi connectivity index (χ3n) is 9.75. The maximum absolute atomic E-state index is 6.64. The molecule has 0 unspecified atom stereocenters. The molecule has 10 rings (SSSR count).